The first-order chi connectivity index (χ1) is 11.2. The molecule has 0 atom stereocenters. The quantitative estimate of drug-likeness (QED) is 0.879. The SMILES string of the molecule is O=c1cc(-c2ccc(Cl)cc2)nc(N2CCN(CCO)CC2)[nH]1. The van der Waals surface area contributed by atoms with Gasteiger partial charge in [0.05, 0.1) is 12.3 Å². The molecular formula is C16H19ClN4O2. The molecule has 1 aromatic carbocycles. The van der Waals surface area contributed by atoms with Gasteiger partial charge in [0.25, 0.3) is 5.56 Å². The number of benzene rings is 1. The van der Waals surface area contributed by atoms with Crippen molar-refractivity contribution in [2.45, 2.75) is 0 Å². The summed E-state index contributed by atoms with van der Waals surface area (Å²) in [4.78, 5) is 23.6. The lowest BCUT2D eigenvalue weighted by atomic mass is 10.1. The highest BCUT2D eigenvalue weighted by molar-refractivity contribution is 6.30. The molecule has 0 spiro atoms. The maximum atomic E-state index is 12.0. The van der Waals surface area contributed by atoms with Crippen molar-refractivity contribution in [3.05, 3.63) is 45.7 Å². The fraction of sp³-hybridized carbons (Fsp3) is 0.375. The van der Waals surface area contributed by atoms with Gasteiger partial charge >= 0.3 is 0 Å². The molecule has 1 aliphatic heterocycles. The van der Waals surface area contributed by atoms with Crippen molar-refractivity contribution in [2.75, 3.05) is 44.2 Å². The van der Waals surface area contributed by atoms with Crippen molar-refractivity contribution in [3.63, 3.8) is 0 Å². The Morgan fingerprint density at radius 1 is 1.17 bits per heavy atom. The Bertz CT molecular complexity index is 709. The molecule has 1 fully saturated rings. The van der Waals surface area contributed by atoms with Crippen LogP contribution in [0.15, 0.2) is 35.1 Å². The van der Waals surface area contributed by atoms with Gasteiger partial charge in [0.15, 0.2) is 0 Å². The van der Waals surface area contributed by atoms with E-state index >= 15 is 0 Å². The maximum Gasteiger partial charge on any atom is 0.252 e. The molecule has 7 heteroatoms. The molecule has 1 aromatic heterocycles. The van der Waals surface area contributed by atoms with Crippen molar-refractivity contribution in [3.8, 4) is 11.3 Å². The molecule has 1 saturated heterocycles. The lowest BCUT2D eigenvalue weighted by Gasteiger charge is -2.34. The topological polar surface area (TPSA) is 72.5 Å². The Labute approximate surface area is 139 Å². The number of nitrogens with zero attached hydrogens (tertiary/aromatic N) is 3. The zero-order valence-corrected chi connectivity index (χ0v) is 13.5. The minimum Gasteiger partial charge on any atom is -0.395 e. The third-order valence-corrected chi connectivity index (χ3v) is 4.21. The highest BCUT2D eigenvalue weighted by Gasteiger charge is 2.18. The third-order valence-electron chi connectivity index (χ3n) is 3.96. The number of aliphatic hydroxyl groups excluding tert-OH is 1. The number of nitrogens with one attached hydrogen (secondary N) is 1. The monoisotopic (exact) mass is 334 g/mol. The molecule has 0 radical (unpaired) electrons. The van der Waals surface area contributed by atoms with Crippen molar-refractivity contribution in [1.82, 2.24) is 14.9 Å². The van der Waals surface area contributed by atoms with E-state index in [2.05, 4.69) is 19.8 Å². The molecule has 0 saturated carbocycles. The standard InChI is InChI=1S/C16H19ClN4O2/c17-13-3-1-12(2-4-13)14-11-15(23)19-16(18-14)21-7-5-20(6-8-21)9-10-22/h1-4,11,22H,5-10H2,(H,18,19,23). The number of aromatic nitrogens is 2. The number of aliphatic hydroxyl groups is 1. The molecule has 0 aliphatic carbocycles. The third kappa shape index (κ3) is 3.90. The predicted octanol–water partition coefficient (Wildman–Crippen LogP) is 1.20. The summed E-state index contributed by atoms with van der Waals surface area (Å²) in [5.41, 5.74) is 1.33. The normalized spacial score (nSPS) is 15.8. The van der Waals surface area contributed by atoms with E-state index in [4.69, 9.17) is 16.7 Å². The van der Waals surface area contributed by atoms with Crippen molar-refractivity contribution in [2.24, 2.45) is 0 Å². The van der Waals surface area contributed by atoms with Crippen LogP contribution in [0.2, 0.25) is 5.02 Å². The van der Waals surface area contributed by atoms with Gasteiger partial charge in [-0.1, -0.05) is 23.7 Å². The van der Waals surface area contributed by atoms with Gasteiger partial charge in [-0.2, -0.15) is 0 Å². The van der Waals surface area contributed by atoms with Crippen LogP contribution in [0.3, 0.4) is 0 Å². The van der Waals surface area contributed by atoms with E-state index in [9.17, 15) is 4.79 Å². The van der Waals surface area contributed by atoms with E-state index in [1.54, 1.807) is 12.1 Å². The Hall–Kier alpha value is -1.89. The van der Waals surface area contributed by atoms with Crippen LogP contribution in [-0.4, -0.2) is 59.3 Å². The fourth-order valence-electron chi connectivity index (χ4n) is 2.69. The summed E-state index contributed by atoms with van der Waals surface area (Å²) >= 11 is 5.90. The van der Waals surface area contributed by atoms with E-state index in [-0.39, 0.29) is 12.2 Å². The Morgan fingerprint density at radius 3 is 2.52 bits per heavy atom. The van der Waals surface area contributed by atoms with Crippen LogP contribution < -0.4 is 10.5 Å². The van der Waals surface area contributed by atoms with Gasteiger partial charge in [0.2, 0.25) is 5.95 Å². The molecule has 6 nitrogen and oxygen atoms in total. The highest BCUT2D eigenvalue weighted by Crippen LogP contribution is 2.20. The van der Waals surface area contributed by atoms with Gasteiger partial charge in [0, 0.05) is 49.4 Å². The smallest absolute Gasteiger partial charge is 0.252 e. The van der Waals surface area contributed by atoms with E-state index in [1.165, 1.54) is 6.07 Å². The molecule has 122 valence electrons. The van der Waals surface area contributed by atoms with Gasteiger partial charge < -0.3 is 10.0 Å². The molecule has 1 aliphatic rings. The molecule has 0 unspecified atom stereocenters. The van der Waals surface area contributed by atoms with Crippen molar-refractivity contribution < 1.29 is 5.11 Å². The van der Waals surface area contributed by atoms with E-state index < -0.39 is 0 Å². The van der Waals surface area contributed by atoms with Crippen LogP contribution in [-0.2, 0) is 0 Å². The first kappa shape index (κ1) is 16.0. The van der Waals surface area contributed by atoms with Gasteiger partial charge in [-0.05, 0) is 12.1 Å². The van der Waals surface area contributed by atoms with Crippen LogP contribution in [0.25, 0.3) is 11.3 Å². The fourth-order valence-corrected chi connectivity index (χ4v) is 2.81. The summed E-state index contributed by atoms with van der Waals surface area (Å²) < 4.78 is 0. The lowest BCUT2D eigenvalue weighted by molar-refractivity contribution is 0.188. The molecule has 0 bridgehead atoms. The Kier molecular flexibility index (Phi) is 4.95. The average Bonchev–Trinajstić information content (AvgIpc) is 2.56. The van der Waals surface area contributed by atoms with E-state index in [0.717, 1.165) is 31.7 Å². The summed E-state index contributed by atoms with van der Waals surface area (Å²) in [6, 6.07) is 8.77. The first-order valence-corrected chi connectivity index (χ1v) is 7.99. The highest BCUT2D eigenvalue weighted by atomic mass is 35.5. The summed E-state index contributed by atoms with van der Waals surface area (Å²) in [7, 11) is 0. The number of piperazine rings is 1. The second-order valence-electron chi connectivity index (χ2n) is 5.51. The van der Waals surface area contributed by atoms with Crippen molar-refractivity contribution >= 4 is 17.5 Å². The number of β-amino-alcohol motifs (C(OH)–C–C–N with tert-alkyl or cyclic N) is 1. The van der Waals surface area contributed by atoms with Crippen LogP contribution in [0, 0.1) is 0 Å². The average molecular weight is 335 g/mol. The van der Waals surface area contributed by atoms with Gasteiger partial charge in [0.1, 0.15) is 0 Å². The number of hydrogen-bond acceptors (Lipinski definition) is 5. The number of H-pyrrole nitrogens is 1. The zero-order valence-electron chi connectivity index (χ0n) is 12.7. The number of anilines is 1. The first-order valence-electron chi connectivity index (χ1n) is 7.61. The van der Waals surface area contributed by atoms with Crippen LogP contribution in [0.5, 0.6) is 0 Å². The minimum absolute atomic E-state index is 0.168. The van der Waals surface area contributed by atoms with E-state index in [1.807, 2.05) is 12.1 Å². The van der Waals surface area contributed by atoms with Crippen LogP contribution >= 0.6 is 11.6 Å². The largest absolute Gasteiger partial charge is 0.395 e. The Balaban J connectivity index is 1.81. The summed E-state index contributed by atoms with van der Waals surface area (Å²) in [6.07, 6.45) is 0. The lowest BCUT2D eigenvalue weighted by Crippen LogP contribution is -2.48. The summed E-state index contributed by atoms with van der Waals surface area (Å²) in [6.45, 7) is 4.08. The molecule has 2 aromatic rings. The number of aromatic amines is 1. The predicted molar refractivity (Wildman–Crippen MR) is 91.0 cm³/mol. The molecular weight excluding hydrogens is 316 g/mol. The second kappa shape index (κ2) is 7.12. The number of rotatable bonds is 4. The molecule has 3 rings (SSSR count). The zero-order chi connectivity index (χ0) is 16.2. The van der Waals surface area contributed by atoms with Gasteiger partial charge in [-0.15, -0.1) is 0 Å². The summed E-state index contributed by atoms with van der Waals surface area (Å²) in [5, 5.41) is 9.65. The van der Waals surface area contributed by atoms with Gasteiger partial charge in [-0.3, -0.25) is 14.7 Å². The van der Waals surface area contributed by atoms with E-state index in [0.29, 0.717) is 23.2 Å². The Morgan fingerprint density at radius 2 is 1.87 bits per heavy atom. The molecule has 23 heavy (non-hydrogen) atoms. The van der Waals surface area contributed by atoms with Crippen LogP contribution in [0.4, 0.5) is 5.95 Å². The van der Waals surface area contributed by atoms with Gasteiger partial charge in [-0.25, -0.2) is 4.98 Å². The molecule has 0 amide bonds. The number of halogens is 1. The number of hydrogen-bond donors (Lipinski definition) is 2. The molecule has 2 N–H and O–H groups in total. The second-order valence-corrected chi connectivity index (χ2v) is 5.95. The minimum atomic E-state index is -0.169. The molecule has 2 heterocycles. The maximum absolute atomic E-state index is 12.0. The summed E-state index contributed by atoms with van der Waals surface area (Å²) in [5.74, 6) is 0.589. The van der Waals surface area contributed by atoms with Crippen LogP contribution in [0.1, 0.15) is 0 Å². The van der Waals surface area contributed by atoms with Crippen molar-refractivity contribution in [1.29, 1.82) is 0 Å².